The number of nitrogens with one attached hydrogen (secondary N) is 1. The van der Waals surface area contributed by atoms with E-state index in [4.69, 9.17) is 11.6 Å². The van der Waals surface area contributed by atoms with Gasteiger partial charge in [0.15, 0.2) is 0 Å². The van der Waals surface area contributed by atoms with Gasteiger partial charge in [-0.1, -0.05) is 44.2 Å². The number of aryl methyl sites for hydroxylation is 1. The third-order valence-electron chi connectivity index (χ3n) is 3.01. The third kappa shape index (κ3) is 3.94. The van der Waals surface area contributed by atoms with Gasteiger partial charge in [-0.3, -0.25) is 0 Å². The highest BCUT2D eigenvalue weighted by molar-refractivity contribution is 6.21. The Kier molecular flexibility index (Phi) is 4.96. The first kappa shape index (κ1) is 14.8. The minimum Gasteiger partial charge on any atom is -0.368 e. The Morgan fingerprint density at radius 3 is 2.50 bits per heavy atom. The lowest BCUT2D eigenvalue weighted by molar-refractivity contribution is 0.766. The summed E-state index contributed by atoms with van der Waals surface area (Å²) in [6.45, 7) is 6.80. The van der Waals surface area contributed by atoms with Crippen LogP contribution in [-0.4, -0.2) is 16.5 Å². The molecule has 0 fully saturated rings. The number of aromatic nitrogens is 2. The van der Waals surface area contributed by atoms with Gasteiger partial charge < -0.3 is 5.32 Å². The largest absolute Gasteiger partial charge is 0.368 e. The maximum Gasteiger partial charge on any atom is 0.133 e. The summed E-state index contributed by atoms with van der Waals surface area (Å²) in [6.07, 6.45) is 0. The molecule has 3 nitrogen and oxygen atoms in total. The molecule has 20 heavy (non-hydrogen) atoms. The molecule has 106 valence electrons. The Morgan fingerprint density at radius 1 is 1.15 bits per heavy atom. The molecule has 0 aliphatic carbocycles. The Hall–Kier alpha value is -1.61. The molecule has 2 rings (SSSR count). The predicted octanol–water partition coefficient (Wildman–Crippen LogP) is 4.30. The van der Waals surface area contributed by atoms with Gasteiger partial charge in [0.05, 0.1) is 5.38 Å². The van der Waals surface area contributed by atoms with E-state index in [1.165, 1.54) is 0 Å². The summed E-state index contributed by atoms with van der Waals surface area (Å²) < 4.78 is 0. The van der Waals surface area contributed by atoms with Crippen LogP contribution in [0.25, 0.3) is 0 Å². The first-order chi connectivity index (χ1) is 9.56. The summed E-state index contributed by atoms with van der Waals surface area (Å²) in [4.78, 5) is 8.95. The molecule has 0 saturated carbocycles. The Bertz CT molecular complexity index is 555. The normalized spacial score (nSPS) is 12.4. The standard InChI is InChI=1S/C16H20ClN3/c1-11(2)16-19-12(3)9-15(20-16)18-10-14(17)13-7-5-4-6-8-13/h4-9,11,14H,10H2,1-3H3,(H,18,19,20). The monoisotopic (exact) mass is 289 g/mol. The number of halogens is 1. The molecule has 0 bridgehead atoms. The van der Waals surface area contributed by atoms with E-state index in [1.54, 1.807) is 0 Å². The van der Waals surface area contributed by atoms with E-state index in [0.29, 0.717) is 12.5 Å². The fourth-order valence-corrected chi connectivity index (χ4v) is 2.14. The van der Waals surface area contributed by atoms with E-state index in [0.717, 1.165) is 22.9 Å². The van der Waals surface area contributed by atoms with Crippen molar-refractivity contribution in [1.82, 2.24) is 9.97 Å². The van der Waals surface area contributed by atoms with Gasteiger partial charge in [-0.15, -0.1) is 11.6 Å². The Labute approximate surface area is 125 Å². The maximum absolute atomic E-state index is 6.39. The average molecular weight is 290 g/mol. The van der Waals surface area contributed by atoms with Crippen LogP contribution in [0.4, 0.5) is 5.82 Å². The van der Waals surface area contributed by atoms with Crippen molar-refractivity contribution in [3.63, 3.8) is 0 Å². The lowest BCUT2D eigenvalue weighted by Gasteiger charge is -2.13. The van der Waals surface area contributed by atoms with Gasteiger partial charge in [-0.25, -0.2) is 9.97 Å². The zero-order chi connectivity index (χ0) is 14.5. The molecule has 1 atom stereocenters. The highest BCUT2D eigenvalue weighted by Crippen LogP contribution is 2.21. The van der Waals surface area contributed by atoms with Crippen LogP contribution in [0.15, 0.2) is 36.4 Å². The molecule has 4 heteroatoms. The zero-order valence-electron chi connectivity index (χ0n) is 12.1. The quantitative estimate of drug-likeness (QED) is 0.834. The van der Waals surface area contributed by atoms with Crippen LogP contribution in [0.2, 0.25) is 0 Å². The molecule has 0 amide bonds. The maximum atomic E-state index is 6.39. The summed E-state index contributed by atoms with van der Waals surface area (Å²) in [7, 11) is 0. The van der Waals surface area contributed by atoms with E-state index < -0.39 is 0 Å². The van der Waals surface area contributed by atoms with Crippen molar-refractivity contribution in [2.45, 2.75) is 32.1 Å². The van der Waals surface area contributed by atoms with Gasteiger partial charge in [0.1, 0.15) is 11.6 Å². The molecule has 0 spiro atoms. The number of benzene rings is 1. The van der Waals surface area contributed by atoms with Crippen molar-refractivity contribution in [3.8, 4) is 0 Å². The zero-order valence-corrected chi connectivity index (χ0v) is 12.9. The number of hydrogen-bond donors (Lipinski definition) is 1. The molecule has 0 radical (unpaired) electrons. The highest BCUT2D eigenvalue weighted by atomic mass is 35.5. The van der Waals surface area contributed by atoms with Crippen molar-refractivity contribution in [2.75, 3.05) is 11.9 Å². The Balaban J connectivity index is 2.04. The van der Waals surface area contributed by atoms with E-state index in [2.05, 4.69) is 29.1 Å². The van der Waals surface area contributed by atoms with Crippen LogP contribution in [0.1, 0.15) is 42.2 Å². The topological polar surface area (TPSA) is 37.8 Å². The average Bonchev–Trinajstić information content (AvgIpc) is 2.45. The highest BCUT2D eigenvalue weighted by Gasteiger charge is 2.09. The van der Waals surface area contributed by atoms with Gasteiger partial charge in [0.2, 0.25) is 0 Å². The van der Waals surface area contributed by atoms with Crippen molar-refractivity contribution in [2.24, 2.45) is 0 Å². The van der Waals surface area contributed by atoms with Crippen molar-refractivity contribution in [3.05, 3.63) is 53.5 Å². The molecule has 1 aromatic heterocycles. The number of alkyl halides is 1. The number of anilines is 1. The van der Waals surface area contributed by atoms with Gasteiger partial charge >= 0.3 is 0 Å². The molecule has 1 aromatic carbocycles. The van der Waals surface area contributed by atoms with Gasteiger partial charge in [-0.2, -0.15) is 0 Å². The summed E-state index contributed by atoms with van der Waals surface area (Å²) in [5.41, 5.74) is 2.08. The van der Waals surface area contributed by atoms with E-state index in [9.17, 15) is 0 Å². The van der Waals surface area contributed by atoms with E-state index in [-0.39, 0.29) is 5.38 Å². The third-order valence-corrected chi connectivity index (χ3v) is 3.42. The minimum absolute atomic E-state index is 0.0750. The lowest BCUT2D eigenvalue weighted by Crippen LogP contribution is -2.11. The van der Waals surface area contributed by atoms with E-state index >= 15 is 0 Å². The fourth-order valence-electron chi connectivity index (χ4n) is 1.91. The second kappa shape index (κ2) is 6.71. The molecule has 0 saturated heterocycles. The fraction of sp³-hybridized carbons (Fsp3) is 0.375. The molecular weight excluding hydrogens is 270 g/mol. The second-order valence-corrected chi connectivity index (χ2v) is 5.69. The van der Waals surface area contributed by atoms with Crippen LogP contribution in [0, 0.1) is 6.92 Å². The minimum atomic E-state index is -0.0750. The number of rotatable bonds is 5. The van der Waals surface area contributed by atoms with E-state index in [1.807, 2.05) is 43.3 Å². The van der Waals surface area contributed by atoms with Crippen LogP contribution < -0.4 is 5.32 Å². The number of nitrogens with zero attached hydrogens (tertiary/aromatic N) is 2. The second-order valence-electron chi connectivity index (χ2n) is 5.17. The Morgan fingerprint density at radius 2 is 1.85 bits per heavy atom. The van der Waals surface area contributed by atoms with Crippen LogP contribution >= 0.6 is 11.6 Å². The summed E-state index contributed by atoms with van der Waals surface area (Å²) in [5.74, 6) is 2.01. The molecule has 2 aromatic rings. The summed E-state index contributed by atoms with van der Waals surface area (Å²) >= 11 is 6.39. The summed E-state index contributed by atoms with van der Waals surface area (Å²) in [6, 6.07) is 12.0. The summed E-state index contributed by atoms with van der Waals surface area (Å²) in [5, 5.41) is 3.22. The molecule has 0 aliphatic heterocycles. The first-order valence-electron chi connectivity index (χ1n) is 6.84. The smallest absolute Gasteiger partial charge is 0.133 e. The van der Waals surface area contributed by atoms with Gasteiger partial charge in [-0.05, 0) is 12.5 Å². The molecule has 1 heterocycles. The molecule has 1 N–H and O–H groups in total. The van der Waals surface area contributed by atoms with Crippen LogP contribution in [-0.2, 0) is 0 Å². The van der Waals surface area contributed by atoms with Crippen LogP contribution in [0.3, 0.4) is 0 Å². The SMILES string of the molecule is Cc1cc(NCC(Cl)c2ccccc2)nc(C(C)C)n1. The van der Waals surface area contributed by atoms with Crippen molar-refractivity contribution in [1.29, 1.82) is 0 Å². The molecule has 1 unspecified atom stereocenters. The lowest BCUT2D eigenvalue weighted by atomic mass is 10.1. The van der Waals surface area contributed by atoms with Gasteiger partial charge in [0.25, 0.3) is 0 Å². The van der Waals surface area contributed by atoms with Crippen molar-refractivity contribution >= 4 is 17.4 Å². The molecule has 0 aliphatic rings. The van der Waals surface area contributed by atoms with Crippen molar-refractivity contribution < 1.29 is 0 Å². The first-order valence-corrected chi connectivity index (χ1v) is 7.28. The van der Waals surface area contributed by atoms with Gasteiger partial charge in [0, 0.05) is 24.2 Å². The molecular formula is C16H20ClN3. The number of hydrogen-bond acceptors (Lipinski definition) is 3. The van der Waals surface area contributed by atoms with Crippen LogP contribution in [0.5, 0.6) is 0 Å². The predicted molar refractivity (Wildman–Crippen MR) is 84.4 cm³/mol.